The van der Waals surface area contributed by atoms with E-state index >= 15 is 0 Å². The van der Waals surface area contributed by atoms with Crippen molar-refractivity contribution in [1.82, 2.24) is 24.1 Å². The van der Waals surface area contributed by atoms with Crippen molar-refractivity contribution >= 4 is 43.6 Å². The molecule has 10 rings (SSSR count). The summed E-state index contributed by atoms with van der Waals surface area (Å²) in [6.07, 6.45) is 0. The Balaban J connectivity index is 0.00000177. The summed E-state index contributed by atoms with van der Waals surface area (Å²) in [5, 5.41) is 4.61. The van der Waals surface area contributed by atoms with Crippen molar-refractivity contribution in [3.8, 4) is 45.5 Å². The van der Waals surface area contributed by atoms with E-state index in [0.717, 1.165) is 60.6 Å². The molecule has 0 amide bonds. The number of benzene rings is 7. The lowest BCUT2D eigenvalue weighted by molar-refractivity contribution is 0.955. The summed E-state index contributed by atoms with van der Waals surface area (Å²) in [5.41, 5.74) is 9.70. The summed E-state index contributed by atoms with van der Waals surface area (Å²) in [6.45, 7) is 6.00. The number of hydrogen-bond acceptors (Lipinski definition) is 3. The van der Waals surface area contributed by atoms with Gasteiger partial charge in [0.15, 0.2) is 11.6 Å². The molecule has 246 valence electrons. The SMILES string of the molecule is C=C.c1ccc(-c2ccc3c(c2)c2ccc4c(c5ccccc5n4-c4ccccc4)c2n3-c2nc(-c3ccccc3)nc(-c3ccccc3)n2)cc1. The Kier molecular flexibility index (Phi) is 7.71. The molecule has 0 N–H and O–H groups in total. The Morgan fingerprint density at radius 1 is 0.365 bits per heavy atom. The molecule has 5 nitrogen and oxygen atoms in total. The summed E-state index contributed by atoms with van der Waals surface area (Å²) in [5.74, 6) is 1.84. The van der Waals surface area contributed by atoms with E-state index in [1.54, 1.807) is 0 Å². The van der Waals surface area contributed by atoms with Crippen LogP contribution in [0, 0.1) is 0 Å². The largest absolute Gasteiger partial charge is 0.309 e. The zero-order chi connectivity index (χ0) is 35.0. The standard InChI is InChI=1S/C45H29N5.C2H4/c1-5-15-30(16-6-1)33-25-27-39-37(29-33)35-26-28-40-41(36-23-13-14-24-38(36)49(40)34-21-11-4-12-22-34)42(35)50(39)45-47-43(31-17-7-2-8-18-31)46-44(48-45)32-19-9-3-10-20-32;1-2/h1-29H;1-2H2. The Hall–Kier alpha value is -7.11. The van der Waals surface area contributed by atoms with Crippen LogP contribution in [0.25, 0.3) is 89.2 Å². The van der Waals surface area contributed by atoms with E-state index in [1.807, 2.05) is 36.4 Å². The zero-order valence-corrected chi connectivity index (χ0v) is 28.4. The first-order chi connectivity index (χ1) is 25.8. The van der Waals surface area contributed by atoms with Gasteiger partial charge in [-0.1, -0.05) is 140 Å². The van der Waals surface area contributed by atoms with E-state index in [4.69, 9.17) is 15.0 Å². The number of aromatic nitrogens is 5. The van der Waals surface area contributed by atoms with Gasteiger partial charge in [0.05, 0.1) is 22.1 Å². The van der Waals surface area contributed by atoms with E-state index in [9.17, 15) is 0 Å². The molecule has 10 aromatic rings. The van der Waals surface area contributed by atoms with Crippen LogP contribution >= 0.6 is 0 Å². The molecule has 0 aliphatic heterocycles. The minimum absolute atomic E-state index is 0.578. The zero-order valence-electron chi connectivity index (χ0n) is 28.4. The smallest absolute Gasteiger partial charge is 0.238 e. The fourth-order valence-electron chi connectivity index (χ4n) is 7.33. The molecule has 52 heavy (non-hydrogen) atoms. The monoisotopic (exact) mass is 667 g/mol. The summed E-state index contributed by atoms with van der Waals surface area (Å²) in [4.78, 5) is 15.5. The molecule has 0 aliphatic rings. The first kappa shape index (κ1) is 30.9. The molecule has 0 saturated heterocycles. The number of hydrogen-bond donors (Lipinski definition) is 0. The van der Waals surface area contributed by atoms with Gasteiger partial charge < -0.3 is 4.57 Å². The third-order valence-corrected chi connectivity index (χ3v) is 9.57. The molecule has 3 heterocycles. The van der Waals surface area contributed by atoms with Gasteiger partial charge in [-0.25, -0.2) is 4.98 Å². The summed E-state index contributed by atoms with van der Waals surface area (Å²) < 4.78 is 4.61. The maximum Gasteiger partial charge on any atom is 0.238 e. The van der Waals surface area contributed by atoms with Gasteiger partial charge >= 0.3 is 0 Å². The molecule has 0 unspecified atom stereocenters. The Morgan fingerprint density at radius 2 is 0.885 bits per heavy atom. The molecular weight excluding hydrogens is 635 g/mol. The van der Waals surface area contributed by atoms with Gasteiger partial charge in [-0.3, -0.25) is 4.57 Å². The highest BCUT2D eigenvalue weighted by Gasteiger charge is 2.23. The van der Waals surface area contributed by atoms with E-state index in [-0.39, 0.29) is 0 Å². The first-order valence-corrected chi connectivity index (χ1v) is 17.3. The van der Waals surface area contributed by atoms with Gasteiger partial charge in [-0.2, -0.15) is 9.97 Å². The third kappa shape index (κ3) is 5.07. The predicted molar refractivity (Wildman–Crippen MR) is 216 cm³/mol. The second-order valence-corrected chi connectivity index (χ2v) is 12.5. The number of nitrogens with zero attached hydrogens (tertiary/aromatic N) is 5. The molecule has 7 aromatic carbocycles. The molecule has 0 atom stereocenters. The van der Waals surface area contributed by atoms with E-state index in [0.29, 0.717) is 17.6 Å². The van der Waals surface area contributed by atoms with E-state index in [2.05, 4.69) is 162 Å². The van der Waals surface area contributed by atoms with E-state index < -0.39 is 0 Å². The topological polar surface area (TPSA) is 48.5 Å². The lowest BCUT2D eigenvalue weighted by atomic mass is 10.0. The second-order valence-electron chi connectivity index (χ2n) is 12.5. The molecular formula is C47H33N5. The van der Waals surface area contributed by atoms with Gasteiger partial charge in [0.2, 0.25) is 5.95 Å². The van der Waals surface area contributed by atoms with Crippen molar-refractivity contribution in [3.05, 3.63) is 189 Å². The second kappa shape index (κ2) is 13.0. The van der Waals surface area contributed by atoms with E-state index in [1.165, 1.54) is 10.9 Å². The van der Waals surface area contributed by atoms with Crippen LogP contribution in [0.2, 0.25) is 0 Å². The third-order valence-electron chi connectivity index (χ3n) is 9.57. The molecule has 0 bridgehead atoms. The normalized spacial score (nSPS) is 11.2. The van der Waals surface area contributed by atoms with Gasteiger partial charge in [-0.15, -0.1) is 13.2 Å². The average molecular weight is 668 g/mol. The van der Waals surface area contributed by atoms with Crippen LogP contribution in [0.5, 0.6) is 0 Å². The first-order valence-electron chi connectivity index (χ1n) is 17.3. The van der Waals surface area contributed by atoms with Crippen LogP contribution in [-0.4, -0.2) is 24.1 Å². The number of para-hydroxylation sites is 2. The van der Waals surface area contributed by atoms with Crippen molar-refractivity contribution in [3.63, 3.8) is 0 Å². The van der Waals surface area contributed by atoms with Gasteiger partial charge in [0.1, 0.15) is 0 Å². The molecule has 0 spiro atoms. The highest BCUT2D eigenvalue weighted by molar-refractivity contribution is 6.26. The summed E-state index contributed by atoms with van der Waals surface area (Å²) in [7, 11) is 0. The molecule has 5 heteroatoms. The van der Waals surface area contributed by atoms with Crippen LogP contribution < -0.4 is 0 Å². The molecule has 3 aromatic heterocycles. The van der Waals surface area contributed by atoms with Gasteiger partial charge in [0.25, 0.3) is 0 Å². The lowest BCUT2D eigenvalue weighted by Gasteiger charge is -2.12. The van der Waals surface area contributed by atoms with Crippen molar-refractivity contribution in [2.75, 3.05) is 0 Å². The highest BCUT2D eigenvalue weighted by atomic mass is 15.2. The Labute approximate surface area is 301 Å². The molecule has 0 radical (unpaired) electrons. The highest BCUT2D eigenvalue weighted by Crippen LogP contribution is 2.42. The molecule has 0 aliphatic carbocycles. The summed E-state index contributed by atoms with van der Waals surface area (Å²) >= 11 is 0. The average Bonchev–Trinajstić information content (AvgIpc) is 3.75. The Morgan fingerprint density at radius 3 is 1.52 bits per heavy atom. The van der Waals surface area contributed by atoms with Crippen molar-refractivity contribution in [2.45, 2.75) is 0 Å². The maximum absolute atomic E-state index is 5.24. The quantitative estimate of drug-likeness (QED) is 0.172. The van der Waals surface area contributed by atoms with Crippen LogP contribution in [0.4, 0.5) is 0 Å². The fourth-order valence-corrected chi connectivity index (χ4v) is 7.33. The maximum atomic E-state index is 5.24. The fraction of sp³-hybridized carbons (Fsp3) is 0. The summed E-state index contributed by atoms with van der Waals surface area (Å²) in [6, 6.07) is 61.4. The lowest BCUT2D eigenvalue weighted by Crippen LogP contribution is -2.06. The minimum atomic E-state index is 0.578. The van der Waals surface area contributed by atoms with Crippen LogP contribution in [-0.2, 0) is 0 Å². The van der Waals surface area contributed by atoms with Crippen molar-refractivity contribution in [2.24, 2.45) is 0 Å². The van der Waals surface area contributed by atoms with Gasteiger partial charge in [-0.05, 0) is 47.5 Å². The number of rotatable bonds is 5. The van der Waals surface area contributed by atoms with Crippen LogP contribution in [0.15, 0.2) is 189 Å². The van der Waals surface area contributed by atoms with Crippen LogP contribution in [0.3, 0.4) is 0 Å². The number of fused-ring (bicyclic) bond motifs is 7. The predicted octanol–water partition coefficient (Wildman–Crippen LogP) is 11.9. The van der Waals surface area contributed by atoms with Crippen molar-refractivity contribution in [1.29, 1.82) is 0 Å². The van der Waals surface area contributed by atoms with Crippen molar-refractivity contribution < 1.29 is 0 Å². The Bertz CT molecular complexity index is 2800. The van der Waals surface area contributed by atoms with Crippen LogP contribution in [0.1, 0.15) is 0 Å². The minimum Gasteiger partial charge on any atom is -0.309 e. The molecule has 0 fully saturated rings. The van der Waals surface area contributed by atoms with Gasteiger partial charge in [0, 0.05) is 38.4 Å². The molecule has 0 saturated carbocycles.